The summed E-state index contributed by atoms with van der Waals surface area (Å²) in [7, 11) is 1.62. The Labute approximate surface area is 134 Å². The number of aromatic nitrogens is 2. The predicted molar refractivity (Wildman–Crippen MR) is 91.2 cm³/mol. The molecule has 0 atom stereocenters. The molecular weight excluding hydrogens is 288 g/mol. The van der Waals surface area contributed by atoms with E-state index in [1.807, 2.05) is 48.5 Å². The molecule has 0 aliphatic rings. The van der Waals surface area contributed by atoms with E-state index < -0.39 is 0 Å². The lowest BCUT2D eigenvalue weighted by molar-refractivity contribution is 0.401. The molecule has 0 aliphatic heterocycles. The zero-order valence-corrected chi connectivity index (χ0v) is 12.7. The van der Waals surface area contributed by atoms with Crippen molar-refractivity contribution in [3.8, 4) is 18.1 Å². The van der Waals surface area contributed by atoms with Crippen molar-refractivity contribution in [2.75, 3.05) is 7.11 Å². The number of aliphatic hydroxyl groups is 1. The van der Waals surface area contributed by atoms with Crippen LogP contribution in [0.3, 0.4) is 0 Å². The van der Waals surface area contributed by atoms with Gasteiger partial charge in [0.2, 0.25) is 0 Å². The number of hydrogen-bond donors (Lipinski definition) is 2. The SMILES string of the molecule is C#C/C(=C(/O)Cc1ccc(OC)cc1)c1nc2ccccc2[nH]1. The molecule has 2 N–H and O–H groups in total. The van der Waals surface area contributed by atoms with E-state index in [1.165, 1.54) is 0 Å². The summed E-state index contributed by atoms with van der Waals surface area (Å²) < 4.78 is 5.12. The number of nitrogens with one attached hydrogen (secondary N) is 1. The number of rotatable bonds is 4. The van der Waals surface area contributed by atoms with Crippen LogP contribution in [0.4, 0.5) is 0 Å². The van der Waals surface area contributed by atoms with E-state index in [4.69, 9.17) is 11.2 Å². The minimum atomic E-state index is 0.108. The molecule has 1 heterocycles. The van der Waals surface area contributed by atoms with Crippen LogP contribution in [0.25, 0.3) is 16.6 Å². The number of ether oxygens (including phenoxy) is 1. The van der Waals surface area contributed by atoms with Crippen LogP contribution in [0.15, 0.2) is 54.3 Å². The van der Waals surface area contributed by atoms with Crippen molar-refractivity contribution < 1.29 is 9.84 Å². The first kappa shape index (κ1) is 14.7. The van der Waals surface area contributed by atoms with Crippen LogP contribution in [0, 0.1) is 12.3 Å². The molecule has 1 aromatic heterocycles. The molecule has 0 unspecified atom stereocenters. The third kappa shape index (κ3) is 3.04. The Balaban J connectivity index is 1.93. The Morgan fingerprint density at radius 1 is 1.22 bits per heavy atom. The van der Waals surface area contributed by atoms with Crippen LogP contribution < -0.4 is 4.74 Å². The lowest BCUT2D eigenvalue weighted by Crippen LogP contribution is -1.96. The molecule has 0 saturated carbocycles. The second-order valence-corrected chi connectivity index (χ2v) is 5.09. The molecule has 0 aliphatic carbocycles. The molecule has 0 amide bonds. The summed E-state index contributed by atoms with van der Waals surface area (Å²) in [5, 5.41) is 10.4. The number of fused-ring (bicyclic) bond motifs is 1. The van der Waals surface area contributed by atoms with Crippen LogP contribution in [0.2, 0.25) is 0 Å². The van der Waals surface area contributed by atoms with Gasteiger partial charge in [-0.1, -0.05) is 30.2 Å². The van der Waals surface area contributed by atoms with Gasteiger partial charge in [-0.2, -0.15) is 0 Å². The van der Waals surface area contributed by atoms with E-state index in [2.05, 4.69) is 15.9 Å². The van der Waals surface area contributed by atoms with Gasteiger partial charge in [-0.15, -0.1) is 6.42 Å². The van der Waals surface area contributed by atoms with Gasteiger partial charge in [0, 0.05) is 6.42 Å². The zero-order chi connectivity index (χ0) is 16.2. The average molecular weight is 304 g/mol. The third-order valence-corrected chi connectivity index (χ3v) is 3.59. The number of para-hydroxylation sites is 2. The molecule has 4 nitrogen and oxygen atoms in total. The first-order chi connectivity index (χ1) is 11.2. The molecule has 3 rings (SSSR count). The van der Waals surface area contributed by atoms with Crippen LogP contribution in [0.5, 0.6) is 5.75 Å². The number of hydrogen-bond acceptors (Lipinski definition) is 3. The summed E-state index contributed by atoms with van der Waals surface area (Å²) in [5.74, 6) is 3.91. The number of aliphatic hydroxyl groups excluding tert-OH is 1. The number of imidazole rings is 1. The highest BCUT2D eigenvalue weighted by atomic mass is 16.5. The molecular formula is C19H16N2O2. The standard InChI is InChI=1S/C19H16N2O2/c1-3-15(19-20-16-6-4-5-7-17(16)21-19)18(22)12-13-8-10-14(23-2)11-9-13/h1,4-11,22H,12H2,2H3,(H,20,21)/b18-15-. The van der Waals surface area contributed by atoms with E-state index in [0.29, 0.717) is 17.8 Å². The van der Waals surface area contributed by atoms with Crippen molar-refractivity contribution in [1.29, 1.82) is 0 Å². The summed E-state index contributed by atoms with van der Waals surface area (Å²) in [5.41, 5.74) is 3.00. The fraction of sp³-hybridized carbons (Fsp3) is 0.105. The monoisotopic (exact) mass is 304 g/mol. The molecule has 0 saturated heterocycles. The Morgan fingerprint density at radius 3 is 2.61 bits per heavy atom. The van der Waals surface area contributed by atoms with E-state index in [0.717, 1.165) is 22.3 Å². The van der Waals surface area contributed by atoms with Gasteiger partial charge in [-0.25, -0.2) is 4.98 Å². The zero-order valence-electron chi connectivity index (χ0n) is 12.7. The number of nitrogens with zero attached hydrogens (tertiary/aromatic N) is 1. The van der Waals surface area contributed by atoms with Crippen LogP contribution in [-0.2, 0) is 6.42 Å². The highest BCUT2D eigenvalue weighted by Crippen LogP contribution is 2.21. The second kappa shape index (κ2) is 6.29. The number of methoxy groups -OCH3 is 1. The van der Waals surface area contributed by atoms with E-state index in [1.54, 1.807) is 7.11 Å². The third-order valence-electron chi connectivity index (χ3n) is 3.59. The maximum Gasteiger partial charge on any atom is 0.150 e. The van der Waals surface area contributed by atoms with Crippen LogP contribution in [0.1, 0.15) is 11.4 Å². The highest BCUT2D eigenvalue weighted by molar-refractivity contribution is 5.83. The first-order valence-corrected chi connectivity index (χ1v) is 7.18. The van der Waals surface area contributed by atoms with Gasteiger partial charge >= 0.3 is 0 Å². The van der Waals surface area contributed by atoms with Crippen molar-refractivity contribution in [3.63, 3.8) is 0 Å². The predicted octanol–water partition coefficient (Wildman–Crippen LogP) is 3.72. The molecule has 0 spiro atoms. The molecule has 2 aromatic carbocycles. The summed E-state index contributed by atoms with van der Waals surface area (Å²) in [6.07, 6.45) is 5.91. The Bertz CT molecular complexity index is 866. The maximum absolute atomic E-state index is 10.4. The van der Waals surface area contributed by atoms with Crippen molar-refractivity contribution in [1.82, 2.24) is 9.97 Å². The lowest BCUT2D eigenvalue weighted by atomic mass is 10.1. The summed E-state index contributed by atoms with van der Waals surface area (Å²) in [6.45, 7) is 0. The number of benzene rings is 2. The molecule has 114 valence electrons. The largest absolute Gasteiger partial charge is 0.511 e. The summed E-state index contributed by atoms with van der Waals surface area (Å²) in [6, 6.07) is 15.1. The Morgan fingerprint density at radius 2 is 1.96 bits per heavy atom. The molecule has 4 heteroatoms. The van der Waals surface area contributed by atoms with Crippen molar-refractivity contribution >= 4 is 16.6 Å². The van der Waals surface area contributed by atoms with Gasteiger partial charge in [-0.3, -0.25) is 0 Å². The van der Waals surface area contributed by atoms with E-state index >= 15 is 0 Å². The summed E-state index contributed by atoms with van der Waals surface area (Å²) in [4.78, 5) is 7.58. The van der Waals surface area contributed by atoms with Gasteiger partial charge in [0.25, 0.3) is 0 Å². The Hall–Kier alpha value is -3.19. The number of H-pyrrole nitrogens is 1. The van der Waals surface area contributed by atoms with Gasteiger partial charge in [0.15, 0.2) is 0 Å². The van der Waals surface area contributed by atoms with Crippen molar-refractivity contribution in [2.24, 2.45) is 0 Å². The first-order valence-electron chi connectivity index (χ1n) is 7.18. The smallest absolute Gasteiger partial charge is 0.150 e. The van der Waals surface area contributed by atoms with Gasteiger partial charge in [0.05, 0.1) is 18.1 Å². The van der Waals surface area contributed by atoms with Gasteiger partial charge in [0.1, 0.15) is 22.9 Å². The minimum absolute atomic E-state index is 0.108. The molecule has 23 heavy (non-hydrogen) atoms. The van der Waals surface area contributed by atoms with Crippen LogP contribution >= 0.6 is 0 Å². The van der Waals surface area contributed by atoms with Crippen LogP contribution in [-0.4, -0.2) is 22.2 Å². The quantitative estimate of drug-likeness (QED) is 0.570. The molecule has 0 bridgehead atoms. The van der Waals surface area contributed by atoms with Crippen molar-refractivity contribution in [3.05, 3.63) is 65.7 Å². The normalized spacial score (nSPS) is 11.8. The average Bonchev–Trinajstić information content (AvgIpc) is 2.99. The Kier molecular flexibility index (Phi) is 4.03. The van der Waals surface area contributed by atoms with E-state index in [9.17, 15) is 5.11 Å². The molecule has 0 fully saturated rings. The topological polar surface area (TPSA) is 58.1 Å². The fourth-order valence-corrected chi connectivity index (χ4v) is 2.38. The van der Waals surface area contributed by atoms with Gasteiger partial charge in [-0.05, 0) is 29.8 Å². The second-order valence-electron chi connectivity index (χ2n) is 5.09. The lowest BCUT2D eigenvalue weighted by Gasteiger charge is -2.05. The summed E-state index contributed by atoms with van der Waals surface area (Å²) >= 11 is 0. The number of aromatic amines is 1. The fourth-order valence-electron chi connectivity index (χ4n) is 2.38. The van der Waals surface area contributed by atoms with Gasteiger partial charge < -0.3 is 14.8 Å². The molecule has 3 aromatic rings. The molecule has 0 radical (unpaired) electrons. The van der Waals surface area contributed by atoms with Crippen molar-refractivity contribution in [2.45, 2.75) is 6.42 Å². The highest BCUT2D eigenvalue weighted by Gasteiger charge is 2.12. The number of allylic oxidation sites excluding steroid dienone is 2. The van der Waals surface area contributed by atoms with E-state index in [-0.39, 0.29) is 5.76 Å². The maximum atomic E-state index is 10.4. The minimum Gasteiger partial charge on any atom is -0.511 e. The number of terminal acetylenes is 1.